The average Bonchev–Trinajstić information content (AvgIpc) is 2.79. The van der Waals surface area contributed by atoms with Gasteiger partial charge >= 0.3 is 0 Å². The monoisotopic (exact) mass is 459 g/mol. The first-order valence-electron chi connectivity index (χ1n) is 10.9. The van der Waals surface area contributed by atoms with Crippen molar-refractivity contribution in [3.05, 3.63) is 69.2 Å². The largest absolute Gasteiger partial charge is 0.352 e. The lowest BCUT2D eigenvalue weighted by Gasteiger charge is -2.41. The molecule has 0 bridgehead atoms. The second-order valence-electron chi connectivity index (χ2n) is 8.42. The molecule has 2 aromatic rings. The van der Waals surface area contributed by atoms with Gasteiger partial charge in [0.25, 0.3) is 5.91 Å². The van der Waals surface area contributed by atoms with Crippen molar-refractivity contribution < 1.29 is 9.59 Å². The van der Waals surface area contributed by atoms with Gasteiger partial charge in [0, 0.05) is 24.1 Å². The molecule has 4 rings (SSSR count). The zero-order valence-corrected chi connectivity index (χ0v) is 18.8. The SMILES string of the molecule is O=C(NCCc1cccc(Cl)c1Cl)c1cccc(CC2NNC(=O)C3CCCCC23)c1. The number of nitrogens with one attached hydrogen (secondary N) is 3. The van der Waals surface area contributed by atoms with Crippen LogP contribution >= 0.6 is 23.2 Å². The summed E-state index contributed by atoms with van der Waals surface area (Å²) in [5, 5.41) is 4.02. The summed E-state index contributed by atoms with van der Waals surface area (Å²) in [4.78, 5) is 24.8. The summed E-state index contributed by atoms with van der Waals surface area (Å²) in [6.07, 6.45) is 5.72. The van der Waals surface area contributed by atoms with E-state index in [1.54, 1.807) is 6.07 Å². The second kappa shape index (κ2) is 10.0. The molecule has 2 aliphatic rings. The normalized spacial score (nSPS) is 23.0. The fraction of sp³-hybridized carbons (Fsp3) is 0.417. The zero-order valence-electron chi connectivity index (χ0n) is 17.3. The number of fused-ring (bicyclic) bond motifs is 1. The van der Waals surface area contributed by atoms with Crippen LogP contribution in [0.4, 0.5) is 0 Å². The first kappa shape index (κ1) is 22.1. The van der Waals surface area contributed by atoms with E-state index in [1.807, 2.05) is 36.4 Å². The van der Waals surface area contributed by atoms with E-state index in [-0.39, 0.29) is 23.8 Å². The summed E-state index contributed by atoms with van der Waals surface area (Å²) in [5.74, 6) is 0.460. The fourth-order valence-electron chi connectivity index (χ4n) is 4.78. The number of carbonyl (C=O) groups excluding carboxylic acids is 2. The van der Waals surface area contributed by atoms with E-state index in [0.717, 1.165) is 36.8 Å². The third kappa shape index (κ3) is 5.22. The molecule has 1 heterocycles. The molecule has 3 N–H and O–H groups in total. The maximum Gasteiger partial charge on any atom is 0.251 e. The fourth-order valence-corrected chi connectivity index (χ4v) is 5.20. The van der Waals surface area contributed by atoms with Gasteiger partial charge in [-0.3, -0.25) is 15.0 Å². The maximum atomic E-state index is 12.7. The van der Waals surface area contributed by atoms with Gasteiger partial charge in [-0.25, -0.2) is 5.43 Å². The Morgan fingerprint density at radius 3 is 2.77 bits per heavy atom. The van der Waals surface area contributed by atoms with Crippen LogP contribution in [0.2, 0.25) is 10.0 Å². The molecule has 1 saturated heterocycles. The molecule has 2 fully saturated rings. The summed E-state index contributed by atoms with van der Waals surface area (Å²) < 4.78 is 0. The Hall–Kier alpha value is -2.08. The number of carbonyl (C=O) groups is 2. The summed E-state index contributed by atoms with van der Waals surface area (Å²) in [5.41, 5.74) is 8.69. The number of hydrazine groups is 1. The van der Waals surface area contributed by atoms with Gasteiger partial charge in [-0.15, -0.1) is 0 Å². The van der Waals surface area contributed by atoms with E-state index < -0.39 is 0 Å². The van der Waals surface area contributed by atoms with Gasteiger partial charge < -0.3 is 5.32 Å². The van der Waals surface area contributed by atoms with Crippen LogP contribution in [0.1, 0.15) is 47.2 Å². The van der Waals surface area contributed by atoms with Crippen LogP contribution in [0, 0.1) is 11.8 Å². The average molecular weight is 460 g/mol. The molecule has 0 spiro atoms. The molecule has 0 aromatic heterocycles. The van der Waals surface area contributed by atoms with Crippen LogP contribution in [-0.4, -0.2) is 24.4 Å². The molecule has 164 valence electrons. The summed E-state index contributed by atoms with van der Waals surface area (Å²) in [6, 6.07) is 13.4. The Bertz CT molecular complexity index is 966. The van der Waals surface area contributed by atoms with E-state index in [4.69, 9.17) is 23.2 Å². The number of benzene rings is 2. The Kier molecular flexibility index (Phi) is 7.16. The molecular weight excluding hydrogens is 433 g/mol. The highest BCUT2D eigenvalue weighted by Gasteiger charge is 2.39. The molecule has 1 saturated carbocycles. The first-order chi connectivity index (χ1) is 15.0. The Labute approximate surface area is 192 Å². The lowest BCUT2D eigenvalue weighted by atomic mass is 9.72. The van der Waals surface area contributed by atoms with Gasteiger partial charge in [-0.2, -0.15) is 0 Å². The maximum absolute atomic E-state index is 12.7. The van der Waals surface area contributed by atoms with E-state index in [2.05, 4.69) is 16.2 Å². The molecule has 5 nitrogen and oxygen atoms in total. The number of amides is 2. The van der Waals surface area contributed by atoms with Crippen LogP contribution in [0.3, 0.4) is 0 Å². The van der Waals surface area contributed by atoms with Crippen LogP contribution in [0.25, 0.3) is 0 Å². The molecule has 1 aliphatic heterocycles. The van der Waals surface area contributed by atoms with Crippen molar-refractivity contribution in [1.82, 2.24) is 16.2 Å². The van der Waals surface area contributed by atoms with Crippen molar-refractivity contribution >= 4 is 35.0 Å². The minimum atomic E-state index is -0.111. The summed E-state index contributed by atoms with van der Waals surface area (Å²) >= 11 is 12.3. The van der Waals surface area contributed by atoms with E-state index >= 15 is 0 Å². The molecule has 7 heteroatoms. The van der Waals surface area contributed by atoms with Gasteiger partial charge in [0.1, 0.15) is 0 Å². The van der Waals surface area contributed by atoms with Crippen LogP contribution in [-0.2, 0) is 17.6 Å². The first-order valence-corrected chi connectivity index (χ1v) is 11.6. The number of hydrogen-bond donors (Lipinski definition) is 3. The lowest BCUT2D eigenvalue weighted by molar-refractivity contribution is -0.133. The van der Waals surface area contributed by atoms with E-state index in [1.165, 1.54) is 6.42 Å². The van der Waals surface area contributed by atoms with Crippen molar-refractivity contribution in [3.8, 4) is 0 Å². The summed E-state index contributed by atoms with van der Waals surface area (Å²) in [7, 11) is 0. The number of rotatable bonds is 6. The Balaban J connectivity index is 1.36. The molecule has 3 unspecified atom stereocenters. The Morgan fingerprint density at radius 1 is 1.10 bits per heavy atom. The Morgan fingerprint density at radius 2 is 1.90 bits per heavy atom. The van der Waals surface area contributed by atoms with Gasteiger partial charge in [0.2, 0.25) is 5.91 Å². The minimum absolute atomic E-state index is 0.102. The molecule has 2 aromatic carbocycles. The smallest absolute Gasteiger partial charge is 0.251 e. The molecular formula is C24H27Cl2N3O2. The van der Waals surface area contributed by atoms with Crippen molar-refractivity contribution in [3.63, 3.8) is 0 Å². The van der Waals surface area contributed by atoms with Crippen LogP contribution in [0.5, 0.6) is 0 Å². The number of halogens is 2. The molecule has 0 radical (unpaired) electrons. The standard InChI is InChI=1S/C24H27Cl2N3O2/c25-20-10-4-6-16(22(20)26)11-12-27-23(30)17-7-3-5-15(13-17)14-21-18-8-1-2-9-19(18)24(31)29-28-21/h3-7,10,13,18-19,21,28H,1-2,8-9,11-12,14H2,(H,27,30)(H,29,31). The van der Waals surface area contributed by atoms with E-state index in [9.17, 15) is 9.59 Å². The molecule has 31 heavy (non-hydrogen) atoms. The second-order valence-corrected chi connectivity index (χ2v) is 9.20. The topological polar surface area (TPSA) is 70.2 Å². The van der Waals surface area contributed by atoms with E-state index in [0.29, 0.717) is 34.5 Å². The van der Waals surface area contributed by atoms with Crippen molar-refractivity contribution in [2.75, 3.05) is 6.54 Å². The molecule has 3 atom stereocenters. The molecule has 1 aliphatic carbocycles. The lowest BCUT2D eigenvalue weighted by Crippen LogP contribution is -2.60. The van der Waals surface area contributed by atoms with Crippen LogP contribution < -0.4 is 16.2 Å². The van der Waals surface area contributed by atoms with Crippen molar-refractivity contribution in [2.45, 2.75) is 44.6 Å². The molecule has 2 amide bonds. The number of hydrogen-bond acceptors (Lipinski definition) is 3. The van der Waals surface area contributed by atoms with Gasteiger partial charge in [-0.1, -0.05) is 60.3 Å². The zero-order chi connectivity index (χ0) is 21.8. The third-order valence-corrected chi connectivity index (χ3v) is 7.27. The highest BCUT2D eigenvalue weighted by molar-refractivity contribution is 6.42. The quantitative estimate of drug-likeness (QED) is 0.602. The van der Waals surface area contributed by atoms with Crippen LogP contribution in [0.15, 0.2) is 42.5 Å². The van der Waals surface area contributed by atoms with Gasteiger partial charge in [0.15, 0.2) is 0 Å². The predicted octanol–water partition coefficient (Wildman–Crippen LogP) is 4.32. The predicted molar refractivity (Wildman–Crippen MR) is 123 cm³/mol. The minimum Gasteiger partial charge on any atom is -0.352 e. The third-order valence-electron chi connectivity index (χ3n) is 6.41. The summed E-state index contributed by atoms with van der Waals surface area (Å²) in [6.45, 7) is 0.475. The van der Waals surface area contributed by atoms with Gasteiger partial charge in [-0.05, 0) is 60.9 Å². The van der Waals surface area contributed by atoms with Crippen molar-refractivity contribution in [1.29, 1.82) is 0 Å². The highest BCUT2D eigenvalue weighted by atomic mass is 35.5. The van der Waals surface area contributed by atoms with Crippen molar-refractivity contribution in [2.24, 2.45) is 11.8 Å². The highest BCUT2D eigenvalue weighted by Crippen LogP contribution is 2.35. The van der Waals surface area contributed by atoms with Gasteiger partial charge in [0.05, 0.1) is 10.0 Å².